The summed E-state index contributed by atoms with van der Waals surface area (Å²) in [4.78, 5) is 27.6. The number of amides is 1. The van der Waals surface area contributed by atoms with E-state index in [1.807, 2.05) is 4.90 Å². The van der Waals surface area contributed by atoms with Crippen LogP contribution >= 0.6 is 0 Å². The highest BCUT2D eigenvalue weighted by Gasteiger charge is 2.32. The van der Waals surface area contributed by atoms with Crippen LogP contribution in [0, 0.1) is 23.0 Å². The van der Waals surface area contributed by atoms with Gasteiger partial charge in [0.1, 0.15) is 11.4 Å². The molecule has 0 radical (unpaired) electrons. The monoisotopic (exact) mass is 557 g/mol. The minimum absolute atomic E-state index is 0.00638. The summed E-state index contributed by atoms with van der Waals surface area (Å²) >= 11 is 0. The zero-order valence-electron chi connectivity index (χ0n) is 21.9. The fourth-order valence-electron chi connectivity index (χ4n) is 4.89. The van der Waals surface area contributed by atoms with Gasteiger partial charge in [0.2, 0.25) is 0 Å². The number of benzene rings is 2. The van der Waals surface area contributed by atoms with Crippen molar-refractivity contribution in [1.29, 1.82) is 5.26 Å². The lowest BCUT2D eigenvalue weighted by Crippen LogP contribution is -2.33. The molecular weight excluding hydrogens is 532 g/mol. The van der Waals surface area contributed by atoms with Crippen molar-refractivity contribution in [1.82, 2.24) is 15.0 Å². The molecule has 2 atom stereocenters. The summed E-state index contributed by atoms with van der Waals surface area (Å²) in [7, 11) is 1.30. The number of carbonyl (C=O) groups is 1. The lowest BCUT2D eigenvalue weighted by molar-refractivity contribution is 0.102. The second-order valence-electron chi connectivity index (χ2n) is 9.41. The van der Waals surface area contributed by atoms with E-state index >= 15 is 0 Å². The normalized spacial score (nSPS) is 16.3. The van der Waals surface area contributed by atoms with Crippen molar-refractivity contribution in [2.45, 2.75) is 18.5 Å². The number of pyridine rings is 1. The van der Waals surface area contributed by atoms with Gasteiger partial charge in [-0.15, -0.1) is 0 Å². The summed E-state index contributed by atoms with van der Waals surface area (Å²) in [6.07, 6.45) is 4.91. The Labute approximate surface area is 234 Å². The maximum Gasteiger partial charge on any atom is 0.274 e. The molecule has 1 saturated heterocycles. The van der Waals surface area contributed by atoms with E-state index < -0.39 is 17.5 Å². The fourth-order valence-corrected chi connectivity index (χ4v) is 4.89. The maximum atomic E-state index is 14.7. The van der Waals surface area contributed by atoms with Crippen molar-refractivity contribution in [2.75, 3.05) is 30.5 Å². The van der Waals surface area contributed by atoms with Gasteiger partial charge < -0.3 is 25.8 Å². The first kappa shape index (κ1) is 27.6. The van der Waals surface area contributed by atoms with E-state index in [9.17, 15) is 23.9 Å². The quantitative estimate of drug-likeness (QED) is 0.310. The highest BCUT2D eigenvalue weighted by atomic mass is 19.2. The number of aromatic nitrogens is 3. The molecule has 5 rings (SSSR count). The van der Waals surface area contributed by atoms with E-state index in [1.165, 1.54) is 31.6 Å². The highest BCUT2D eigenvalue weighted by Crippen LogP contribution is 2.37. The van der Waals surface area contributed by atoms with Gasteiger partial charge >= 0.3 is 0 Å². The van der Waals surface area contributed by atoms with Crippen LogP contribution in [0.4, 0.5) is 20.2 Å². The first-order valence-corrected chi connectivity index (χ1v) is 12.6. The highest BCUT2D eigenvalue weighted by molar-refractivity contribution is 6.05. The van der Waals surface area contributed by atoms with Crippen LogP contribution in [0.1, 0.15) is 22.5 Å². The zero-order chi connectivity index (χ0) is 29.1. The van der Waals surface area contributed by atoms with Crippen LogP contribution < -0.4 is 20.7 Å². The molecule has 41 heavy (non-hydrogen) atoms. The molecule has 208 valence electrons. The number of nitriles is 1. The fraction of sp³-hybridized carbons (Fsp3) is 0.207. The molecular formula is C29H25F2N7O3. The number of anilines is 2. The molecule has 1 aliphatic heterocycles. The van der Waals surface area contributed by atoms with Gasteiger partial charge in [-0.1, -0.05) is 6.07 Å². The summed E-state index contributed by atoms with van der Waals surface area (Å²) in [6.45, 7) is 0.268. The first-order valence-electron chi connectivity index (χ1n) is 12.6. The molecule has 3 heterocycles. The van der Waals surface area contributed by atoms with Gasteiger partial charge in [-0.3, -0.25) is 9.78 Å². The van der Waals surface area contributed by atoms with E-state index in [0.29, 0.717) is 41.0 Å². The van der Waals surface area contributed by atoms with Gasteiger partial charge in [-0.25, -0.2) is 18.7 Å². The predicted octanol–water partition coefficient (Wildman–Crippen LogP) is 3.51. The minimum atomic E-state index is -1.20. The Balaban J connectivity index is 1.54. The van der Waals surface area contributed by atoms with Gasteiger partial charge in [-0.05, 0) is 48.4 Å². The largest absolute Gasteiger partial charge is 0.496 e. The number of ether oxygens (including phenoxy) is 1. The summed E-state index contributed by atoms with van der Waals surface area (Å²) in [5, 5.41) is 22.5. The molecule has 10 nitrogen and oxygen atoms in total. The number of nitrogens with zero attached hydrogens (tertiary/aromatic N) is 5. The molecule has 4 N–H and O–H groups in total. The average molecular weight is 558 g/mol. The molecule has 1 fully saturated rings. The molecule has 0 aliphatic carbocycles. The SMILES string of the molecule is COc1ccc(F)c(F)c1-c1nccc(C(=O)Nc2ccc(-c3cnccc3C#N)cc2N2C[C@@H](N)C[C@H]2CO)n1. The van der Waals surface area contributed by atoms with E-state index in [0.717, 1.165) is 6.07 Å². The van der Waals surface area contributed by atoms with Crippen molar-refractivity contribution in [2.24, 2.45) is 5.73 Å². The van der Waals surface area contributed by atoms with Gasteiger partial charge in [0.15, 0.2) is 17.5 Å². The maximum absolute atomic E-state index is 14.7. The lowest BCUT2D eigenvalue weighted by Gasteiger charge is -2.28. The first-order chi connectivity index (χ1) is 19.8. The zero-order valence-corrected chi connectivity index (χ0v) is 21.9. The number of halogens is 2. The number of nitrogens with two attached hydrogens (primary N) is 1. The Hall–Kier alpha value is -4.99. The molecule has 0 unspecified atom stereocenters. The van der Waals surface area contributed by atoms with Crippen LogP contribution in [0.2, 0.25) is 0 Å². The second kappa shape index (κ2) is 11.6. The number of nitrogens with one attached hydrogen (secondary N) is 1. The molecule has 1 aliphatic rings. The summed E-state index contributed by atoms with van der Waals surface area (Å²) < 4.78 is 33.8. The van der Waals surface area contributed by atoms with E-state index in [-0.39, 0.29) is 41.5 Å². The molecule has 0 saturated carbocycles. The number of rotatable bonds is 7. The number of carbonyl (C=O) groups excluding carboxylic acids is 1. The van der Waals surface area contributed by atoms with Crippen molar-refractivity contribution in [3.05, 3.63) is 83.9 Å². The van der Waals surface area contributed by atoms with Crippen molar-refractivity contribution in [3.8, 4) is 34.3 Å². The van der Waals surface area contributed by atoms with Crippen LogP contribution in [-0.4, -0.2) is 58.3 Å². The number of aliphatic hydroxyl groups excluding tert-OH is 1. The summed E-state index contributed by atoms with van der Waals surface area (Å²) in [6, 6.07) is 12.0. The Bertz CT molecular complexity index is 1660. The number of hydrogen-bond acceptors (Lipinski definition) is 9. The Morgan fingerprint density at radius 1 is 1.24 bits per heavy atom. The van der Waals surface area contributed by atoms with Crippen LogP contribution in [0.25, 0.3) is 22.5 Å². The number of methoxy groups -OCH3 is 1. The second-order valence-corrected chi connectivity index (χ2v) is 9.41. The van der Waals surface area contributed by atoms with E-state index in [1.54, 1.807) is 30.5 Å². The van der Waals surface area contributed by atoms with Gasteiger partial charge in [0, 0.05) is 36.7 Å². The predicted molar refractivity (Wildman–Crippen MR) is 147 cm³/mol. The van der Waals surface area contributed by atoms with Crippen LogP contribution in [0.5, 0.6) is 5.75 Å². The smallest absolute Gasteiger partial charge is 0.274 e. The van der Waals surface area contributed by atoms with Gasteiger partial charge in [0.05, 0.1) is 48.3 Å². The van der Waals surface area contributed by atoms with Crippen LogP contribution in [0.15, 0.2) is 61.1 Å². The third-order valence-corrected chi connectivity index (χ3v) is 6.85. The molecule has 12 heteroatoms. The Morgan fingerprint density at radius 2 is 2.07 bits per heavy atom. The van der Waals surface area contributed by atoms with Crippen LogP contribution in [-0.2, 0) is 0 Å². The van der Waals surface area contributed by atoms with Crippen molar-refractivity contribution in [3.63, 3.8) is 0 Å². The average Bonchev–Trinajstić information content (AvgIpc) is 3.39. The minimum Gasteiger partial charge on any atom is -0.496 e. The topological polar surface area (TPSA) is 150 Å². The molecule has 0 bridgehead atoms. The Kier molecular flexibility index (Phi) is 7.82. The standard InChI is InChI=1S/C29H25F2N7O3/c1-41-25-5-3-21(30)27(31)26(25)28-35-9-7-23(36-28)29(40)37-22-4-2-16(20-13-34-8-6-17(20)12-32)10-24(22)38-14-18(33)11-19(38)15-39/h2-10,13,18-19,39H,11,14-15,33H2,1H3,(H,37,40)/t18-,19-/m0/s1. The number of aliphatic hydroxyl groups is 1. The number of hydrogen-bond donors (Lipinski definition) is 3. The van der Waals surface area contributed by atoms with Crippen molar-refractivity contribution < 1.29 is 23.4 Å². The van der Waals surface area contributed by atoms with Crippen molar-refractivity contribution >= 4 is 17.3 Å². The van der Waals surface area contributed by atoms with Gasteiger partial charge in [-0.2, -0.15) is 5.26 Å². The van der Waals surface area contributed by atoms with E-state index in [4.69, 9.17) is 10.5 Å². The van der Waals surface area contributed by atoms with E-state index in [2.05, 4.69) is 26.3 Å². The molecule has 0 spiro atoms. The lowest BCUT2D eigenvalue weighted by atomic mass is 10.0. The molecule has 2 aromatic heterocycles. The summed E-state index contributed by atoms with van der Waals surface area (Å²) in [5.41, 5.74) is 8.46. The third kappa shape index (κ3) is 5.41. The van der Waals surface area contributed by atoms with Gasteiger partial charge in [0.25, 0.3) is 5.91 Å². The Morgan fingerprint density at radius 3 is 2.83 bits per heavy atom. The molecule has 2 aromatic carbocycles. The van der Waals surface area contributed by atoms with Crippen LogP contribution in [0.3, 0.4) is 0 Å². The summed E-state index contributed by atoms with van der Waals surface area (Å²) in [5.74, 6) is -3.17. The third-order valence-electron chi connectivity index (χ3n) is 6.85. The molecule has 4 aromatic rings. The molecule has 1 amide bonds.